The Balaban J connectivity index is 1.35. The number of benzene rings is 4. The number of aliphatic imine (C=N–C) groups is 1. The van der Waals surface area contributed by atoms with E-state index < -0.39 is 53.8 Å². The summed E-state index contributed by atoms with van der Waals surface area (Å²) in [6.07, 6.45) is 1.43. The fourth-order valence-electron chi connectivity index (χ4n) is 4.71. The third kappa shape index (κ3) is 9.05. The molecular weight excluding hydrogens is 739 g/mol. The predicted molar refractivity (Wildman–Crippen MR) is 184 cm³/mol. The van der Waals surface area contributed by atoms with Gasteiger partial charge < -0.3 is 15.2 Å². The van der Waals surface area contributed by atoms with Crippen molar-refractivity contribution in [3.05, 3.63) is 77.9 Å². The lowest BCUT2D eigenvalue weighted by atomic mass is 10.1. The van der Waals surface area contributed by atoms with Gasteiger partial charge in [0.2, 0.25) is 18.2 Å². The number of hydrogen-bond donors (Lipinski definition) is 6. The second-order valence-corrected chi connectivity index (χ2v) is 13.7. The van der Waals surface area contributed by atoms with Crippen LogP contribution in [0.5, 0.6) is 5.75 Å². The molecule has 0 aromatic heterocycles. The molecule has 0 saturated carbocycles. The highest BCUT2D eigenvalue weighted by atomic mass is 32.2. The summed E-state index contributed by atoms with van der Waals surface area (Å²) in [4.78, 5) is 39.2. The first-order chi connectivity index (χ1) is 25.1. The molecule has 22 heteroatoms. The number of nitrogens with one attached hydrogen (secondary N) is 3. The van der Waals surface area contributed by atoms with E-state index in [9.17, 15) is 45.4 Å². The molecule has 1 aliphatic rings. The van der Waals surface area contributed by atoms with Gasteiger partial charge in [0, 0.05) is 17.0 Å². The molecule has 5 rings (SSSR count). The van der Waals surface area contributed by atoms with Gasteiger partial charge in [0.15, 0.2) is 0 Å². The Hall–Kier alpha value is -6.51. The van der Waals surface area contributed by atoms with Gasteiger partial charge >= 0.3 is 0 Å². The Labute approximate surface area is 299 Å². The number of aliphatic hydroxyl groups excluding tert-OH is 1. The summed E-state index contributed by atoms with van der Waals surface area (Å²) < 4.78 is 72.1. The smallest absolute Gasteiger partial charge is 0.295 e. The van der Waals surface area contributed by atoms with Crippen LogP contribution in [0.1, 0.15) is 15.9 Å². The number of carbonyl (C=O) groups is 3. The Kier molecular flexibility index (Phi) is 11.0. The molecule has 6 N–H and O–H groups in total. The van der Waals surface area contributed by atoms with Gasteiger partial charge in [-0.15, -0.1) is 4.99 Å². The fourth-order valence-corrected chi connectivity index (χ4v) is 6.06. The highest BCUT2D eigenvalue weighted by Gasteiger charge is 2.33. The normalized spacial score (nSPS) is 14.9. The van der Waals surface area contributed by atoms with Crippen LogP contribution in [-0.4, -0.2) is 74.0 Å². The molecule has 4 aromatic carbocycles. The Morgan fingerprint density at radius 2 is 1.58 bits per heavy atom. The maximum atomic E-state index is 13.2. The van der Waals surface area contributed by atoms with Gasteiger partial charge in [0.05, 0.1) is 34.3 Å². The molecular formula is C31H25N9O11S2. The van der Waals surface area contributed by atoms with E-state index in [1.807, 2.05) is 0 Å². The van der Waals surface area contributed by atoms with Crippen molar-refractivity contribution in [3.8, 4) is 11.9 Å². The first-order valence-electron chi connectivity index (χ1n) is 14.8. The van der Waals surface area contributed by atoms with Gasteiger partial charge in [-0.3, -0.25) is 34.1 Å². The van der Waals surface area contributed by atoms with E-state index >= 15 is 0 Å². The van der Waals surface area contributed by atoms with Gasteiger partial charge in [0.25, 0.3) is 38.0 Å². The van der Waals surface area contributed by atoms with Gasteiger partial charge in [-0.05, 0) is 72.5 Å². The third-order valence-electron chi connectivity index (χ3n) is 7.18. The molecule has 0 unspecified atom stereocenters. The minimum atomic E-state index is -4.93. The summed E-state index contributed by atoms with van der Waals surface area (Å²) in [5.41, 5.74) is 1.43. The standard InChI is InChI=1S/C31H25N9O11S2/c1-16-10-24(34-28(42)17-2-5-19(6-3-17)37-40-27-29(43)35-31(33-15-32)36-30(27)44)25(51-9-8-41)14-23(16)39-38-20-7-4-18-11-21(52(45,46)47)13-26(22(18)12-20)53(48,49)50/h2-7,10-14,27,41H,8-9H2,1H3,(H,34,42)(H,45,46,47)(H,48,49,50)(H2,33,35,36,43,44)/b39-38+,40-37+. The van der Waals surface area contributed by atoms with Crippen LogP contribution in [0.15, 0.2) is 102 Å². The van der Waals surface area contributed by atoms with Crippen LogP contribution >= 0.6 is 0 Å². The van der Waals surface area contributed by atoms with E-state index in [0.29, 0.717) is 11.6 Å². The number of carbonyl (C=O) groups excluding carboxylic acids is 3. The van der Waals surface area contributed by atoms with E-state index in [0.717, 1.165) is 6.07 Å². The second-order valence-electron chi connectivity index (χ2n) is 10.8. The zero-order valence-corrected chi connectivity index (χ0v) is 28.6. The number of hydrogen-bond acceptors (Lipinski definition) is 15. The van der Waals surface area contributed by atoms with E-state index in [2.05, 4.69) is 41.4 Å². The predicted octanol–water partition coefficient (Wildman–Crippen LogP) is 3.22. The van der Waals surface area contributed by atoms with Crippen molar-refractivity contribution in [1.29, 1.82) is 5.26 Å². The lowest BCUT2D eigenvalue weighted by Crippen LogP contribution is -2.58. The molecule has 1 heterocycles. The van der Waals surface area contributed by atoms with Crippen LogP contribution in [0.2, 0.25) is 0 Å². The van der Waals surface area contributed by atoms with E-state index in [1.54, 1.807) is 6.92 Å². The summed E-state index contributed by atoms with van der Waals surface area (Å²) in [6, 6.07) is 12.7. The summed E-state index contributed by atoms with van der Waals surface area (Å²) in [6.45, 7) is 1.14. The monoisotopic (exact) mass is 763 g/mol. The molecule has 1 fully saturated rings. The number of azo groups is 2. The molecule has 4 aromatic rings. The first kappa shape index (κ1) is 37.7. The fraction of sp³-hybridized carbons (Fsp3) is 0.129. The van der Waals surface area contributed by atoms with Crippen molar-refractivity contribution in [2.75, 3.05) is 18.5 Å². The maximum Gasteiger partial charge on any atom is 0.295 e. The van der Waals surface area contributed by atoms with Gasteiger partial charge in [-0.25, -0.2) is 0 Å². The number of nitrogens with zero attached hydrogens (tertiary/aromatic N) is 6. The molecule has 0 spiro atoms. The molecule has 1 aliphatic heterocycles. The van der Waals surface area contributed by atoms with Crippen molar-refractivity contribution >= 4 is 77.4 Å². The molecule has 3 amide bonds. The highest BCUT2D eigenvalue weighted by molar-refractivity contribution is 7.86. The number of amides is 3. The molecule has 0 radical (unpaired) electrons. The molecule has 0 aliphatic carbocycles. The number of anilines is 1. The lowest BCUT2D eigenvalue weighted by molar-refractivity contribution is -0.131. The summed E-state index contributed by atoms with van der Waals surface area (Å²) in [5, 5.41) is 40.9. The minimum absolute atomic E-state index is 0.0621. The zero-order chi connectivity index (χ0) is 38.5. The zero-order valence-electron chi connectivity index (χ0n) is 26.9. The molecule has 1 saturated heterocycles. The highest BCUT2D eigenvalue weighted by Crippen LogP contribution is 2.36. The molecule has 0 bridgehead atoms. The largest absolute Gasteiger partial charge is 0.489 e. The van der Waals surface area contributed by atoms with Gasteiger partial charge in [-0.1, -0.05) is 6.07 Å². The van der Waals surface area contributed by atoms with Crippen molar-refractivity contribution in [2.24, 2.45) is 25.4 Å². The van der Waals surface area contributed by atoms with Crippen molar-refractivity contribution in [2.45, 2.75) is 22.8 Å². The molecule has 20 nitrogen and oxygen atoms in total. The first-order valence-corrected chi connectivity index (χ1v) is 17.7. The van der Waals surface area contributed by atoms with Crippen LogP contribution in [0, 0.1) is 18.4 Å². The lowest BCUT2D eigenvalue weighted by Gasteiger charge is -2.18. The third-order valence-corrected chi connectivity index (χ3v) is 8.90. The summed E-state index contributed by atoms with van der Waals surface area (Å²) in [5.74, 6) is -2.48. The second kappa shape index (κ2) is 15.4. The minimum Gasteiger partial charge on any atom is -0.489 e. The van der Waals surface area contributed by atoms with Crippen LogP contribution in [0.3, 0.4) is 0 Å². The van der Waals surface area contributed by atoms with Crippen molar-refractivity contribution in [3.63, 3.8) is 0 Å². The summed E-state index contributed by atoms with van der Waals surface area (Å²) >= 11 is 0. The topological polar surface area (TPSA) is 311 Å². The van der Waals surface area contributed by atoms with E-state index in [1.165, 1.54) is 60.8 Å². The van der Waals surface area contributed by atoms with E-state index in [-0.39, 0.29) is 64.0 Å². The Morgan fingerprint density at radius 3 is 2.21 bits per heavy atom. The van der Waals surface area contributed by atoms with Gasteiger partial charge in [0.1, 0.15) is 17.3 Å². The van der Waals surface area contributed by atoms with Crippen molar-refractivity contribution < 1.29 is 50.2 Å². The number of ether oxygens (including phenoxy) is 1. The number of fused-ring (bicyclic) bond motifs is 1. The quantitative estimate of drug-likeness (QED) is 0.0555. The molecule has 272 valence electrons. The number of rotatable bonds is 11. The van der Waals surface area contributed by atoms with Crippen LogP contribution in [0.25, 0.3) is 10.8 Å². The average molecular weight is 764 g/mol. The average Bonchev–Trinajstić information content (AvgIpc) is 3.09. The maximum absolute atomic E-state index is 13.2. The van der Waals surface area contributed by atoms with Crippen LogP contribution in [-0.2, 0) is 29.8 Å². The number of aliphatic hydroxyl groups is 1. The SMILES string of the molecule is Cc1cc(NC(=O)c2ccc(/N=N/C3C(=O)NC(=NC#N)NC3=O)cc2)c(OCCO)cc1/N=N/c1ccc2cc(S(=O)(=O)O)cc(S(=O)(=O)O)c2c1. The van der Waals surface area contributed by atoms with Crippen LogP contribution < -0.4 is 20.7 Å². The number of aryl methyl sites for hydroxylation is 1. The molecule has 53 heavy (non-hydrogen) atoms. The van der Waals surface area contributed by atoms with Gasteiger partial charge in [-0.2, -0.15) is 42.6 Å². The Morgan fingerprint density at radius 1 is 0.906 bits per heavy atom. The van der Waals surface area contributed by atoms with E-state index in [4.69, 9.17) is 10.00 Å². The van der Waals surface area contributed by atoms with Crippen LogP contribution in [0.4, 0.5) is 22.7 Å². The Bertz CT molecular complexity index is 2490. The number of guanidine groups is 1. The molecule has 0 atom stereocenters. The number of nitriles is 1. The summed E-state index contributed by atoms with van der Waals surface area (Å²) in [7, 11) is -9.73. The van der Waals surface area contributed by atoms with Crippen molar-refractivity contribution in [1.82, 2.24) is 10.6 Å².